The number of nitrogens with one attached hydrogen (secondary N) is 1. The number of nitrogen functional groups attached to an aromatic ring is 1. The molecule has 98 valence electrons. The molecular weight excluding hydrogens is 296 g/mol. The third-order valence-corrected chi connectivity index (χ3v) is 4.22. The molecule has 1 saturated carbocycles. The summed E-state index contributed by atoms with van der Waals surface area (Å²) in [6.07, 6.45) is 2.38. The second-order valence-corrected chi connectivity index (χ2v) is 5.54. The molecule has 0 aliphatic heterocycles. The standard InChI is InChI=1S/C13H17BrN2O2/c14-12-10(2-1-3-11(12)15)13(18)16-7-8-4-5-9(17)6-8/h1-3,8-9,17H,4-7,15H2,(H,16,18). The molecule has 18 heavy (non-hydrogen) atoms. The molecule has 2 unspecified atom stereocenters. The van der Waals surface area contributed by atoms with Crippen LogP contribution in [0.25, 0.3) is 0 Å². The quantitative estimate of drug-likeness (QED) is 0.746. The molecule has 1 aromatic rings. The highest BCUT2D eigenvalue weighted by molar-refractivity contribution is 9.10. The van der Waals surface area contributed by atoms with Gasteiger partial charge in [0.2, 0.25) is 0 Å². The monoisotopic (exact) mass is 312 g/mol. The van der Waals surface area contributed by atoms with Crippen molar-refractivity contribution in [3.63, 3.8) is 0 Å². The summed E-state index contributed by atoms with van der Waals surface area (Å²) in [6, 6.07) is 5.24. The highest BCUT2D eigenvalue weighted by atomic mass is 79.9. The molecule has 4 nitrogen and oxygen atoms in total. The van der Waals surface area contributed by atoms with Gasteiger partial charge in [0.15, 0.2) is 0 Å². The molecular formula is C13H17BrN2O2. The van der Waals surface area contributed by atoms with Gasteiger partial charge in [-0.05, 0) is 53.2 Å². The summed E-state index contributed by atoms with van der Waals surface area (Å²) in [5.74, 6) is 0.249. The number of nitrogens with two attached hydrogens (primary N) is 1. The van der Waals surface area contributed by atoms with Crippen molar-refractivity contribution in [1.82, 2.24) is 5.32 Å². The Morgan fingerprint density at radius 2 is 2.28 bits per heavy atom. The molecule has 1 aromatic carbocycles. The molecule has 2 atom stereocenters. The van der Waals surface area contributed by atoms with E-state index in [9.17, 15) is 9.90 Å². The lowest BCUT2D eigenvalue weighted by atomic mass is 10.1. The topological polar surface area (TPSA) is 75.4 Å². The first-order chi connectivity index (χ1) is 8.58. The van der Waals surface area contributed by atoms with Crippen LogP contribution in [0.3, 0.4) is 0 Å². The van der Waals surface area contributed by atoms with Gasteiger partial charge in [-0.1, -0.05) is 6.07 Å². The number of carbonyl (C=O) groups excluding carboxylic acids is 1. The van der Waals surface area contributed by atoms with Crippen LogP contribution in [-0.4, -0.2) is 23.7 Å². The third kappa shape index (κ3) is 3.03. The normalized spacial score (nSPS) is 23.0. The number of halogens is 1. The summed E-state index contributed by atoms with van der Waals surface area (Å²) < 4.78 is 0.633. The summed E-state index contributed by atoms with van der Waals surface area (Å²) >= 11 is 3.32. The molecule has 0 heterocycles. The number of amides is 1. The van der Waals surface area contributed by atoms with Crippen molar-refractivity contribution in [3.05, 3.63) is 28.2 Å². The van der Waals surface area contributed by atoms with E-state index in [0.717, 1.165) is 19.3 Å². The Kier molecular flexibility index (Phi) is 4.24. The molecule has 0 bridgehead atoms. The second kappa shape index (κ2) is 5.71. The highest BCUT2D eigenvalue weighted by Gasteiger charge is 2.23. The summed E-state index contributed by atoms with van der Waals surface area (Å²) in [4.78, 5) is 12.0. The van der Waals surface area contributed by atoms with Gasteiger partial charge in [-0.25, -0.2) is 0 Å². The van der Waals surface area contributed by atoms with E-state index in [1.54, 1.807) is 18.2 Å². The lowest BCUT2D eigenvalue weighted by molar-refractivity contribution is 0.0944. The average molecular weight is 313 g/mol. The van der Waals surface area contributed by atoms with E-state index in [-0.39, 0.29) is 12.0 Å². The van der Waals surface area contributed by atoms with Gasteiger partial charge in [0, 0.05) is 12.2 Å². The summed E-state index contributed by atoms with van der Waals surface area (Å²) in [5, 5.41) is 12.3. The minimum Gasteiger partial charge on any atom is -0.398 e. The fraction of sp³-hybridized carbons (Fsp3) is 0.462. The zero-order chi connectivity index (χ0) is 13.1. The number of aliphatic hydroxyl groups is 1. The lowest BCUT2D eigenvalue weighted by Gasteiger charge is -2.12. The van der Waals surface area contributed by atoms with E-state index in [1.165, 1.54) is 0 Å². The molecule has 0 saturated heterocycles. The molecule has 1 amide bonds. The minimum atomic E-state index is -0.203. The van der Waals surface area contributed by atoms with Crippen LogP contribution >= 0.6 is 15.9 Å². The van der Waals surface area contributed by atoms with E-state index < -0.39 is 0 Å². The average Bonchev–Trinajstić information content (AvgIpc) is 2.76. The first-order valence-electron chi connectivity index (χ1n) is 6.08. The number of benzene rings is 1. The van der Waals surface area contributed by atoms with Crippen molar-refractivity contribution in [1.29, 1.82) is 0 Å². The number of rotatable bonds is 3. The molecule has 5 heteroatoms. The Labute approximate surface area is 115 Å². The predicted molar refractivity (Wildman–Crippen MR) is 74.2 cm³/mol. The summed E-state index contributed by atoms with van der Waals surface area (Å²) in [5.41, 5.74) is 6.84. The van der Waals surface area contributed by atoms with Crippen LogP contribution in [0.5, 0.6) is 0 Å². The minimum absolute atomic E-state index is 0.129. The van der Waals surface area contributed by atoms with Crippen molar-refractivity contribution in [3.8, 4) is 0 Å². The van der Waals surface area contributed by atoms with Crippen molar-refractivity contribution in [2.75, 3.05) is 12.3 Å². The maximum atomic E-state index is 12.0. The second-order valence-electron chi connectivity index (χ2n) is 4.75. The zero-order valence-electron chi connectivity index (χ0n) is 10.0. The molecule has 0 aromatic heterocycles. The Morgan fingerprint density at radius 3 is 2.94 bits per heavy atom. The van der Waals surface area contributed by atoms with Crippen molar-refractivity contribution in [2.24, 2.45) is 5.92 Å². The maximum Gasteiger partial charge on any atom is 0.252 e. The Morgan fingerprint density at radius 1 is 1.50 bits per heavy atom. The first kappa shape index (κ1) is 13.4. The van der Waals surface area contributed by atoms with Crippen molar-refractivity contribution in [2.45, 2.75) is 25.4 Å². The zero-order valence-corrected chi connectivity index (χ0v) is 11.6. The fourth-order valence-corrected chi connectivity index (χ4v) is 2.74. The maximum absolute atomic E-state index is 12.0. The van der Waals surface area contributed by atoms with Gasteiger partial charge in [-0.3, -0.25) is 4.79 Å². The van der Waals surface area contributed by atoms with Gasteiger partial charge in [0.1, 0.15) is 0 Å². The third-order valence-electron chi connectivity index (χ3n) is 3.34. The van der Waals surface area contributed by atoms with Crippen LogP contribution in [0.4, 0.5) is 5.69 Å². The predicted octanol–water partition coefficient (Wildman–Crippen LogP) is 1.92. The highest BCUT2D eigenvalue weighted by Crippen LogP contribution is 2.26. The number of anilines is 1. The Bertz CT molecular complexity index is 451. The fourth-order valence-electron chi connectivity index (χ4n) is 2.29. The number of carbonyl (C=O) groups is 1. The molecule has 0 spiro atoms. The van der Waals surface area contributed by atoms with Crippen LogP contribution in [0.15, 0.2) is 22.7 Å². The SMILES string of the molecule is Nc1cccc(C(=O)NCC2CCC(O)C2)c1Br. The Hall–Kier alpha value is -1.07. The van der Waals surface area contributed by atoms with E-state index in [0.29, 0.717) is 28.2 Å². The summed E-state index contributed by atoms with van der Waals surface area (Å²) in [6.45, 7) is 0.608. The first-order valence-corrected chi connectivity index (χ1v) is 6.87. The molecule has 1 fully saturated rings. The van der Waals surface area contributed by atoms with E-state index in [1.807, 2.05) is 0 Å². The molecule has 1 aliphatic carbocycles. The van der Waals surface area contributed by atoms with E-state index >= 15 is 0 Å². The van der Waals surface area contributed by atoms with Gasteiger partial charge in [-0.15, -0.1) is 0 Å². The molecule has 1 aliphatic rings. The molecule has 2 rings (SSSR count). The van der Waals surface area contributed by atoms with Crippen LogP contribution in [0.1, 0.15) is 29.6 Å². The smallest absolute Gasteiger partial charge is 0.252 e. The molecule has 0 radical (unpaired) electrons. The number of aliphatic hydroxyl groups excluding tert-OH is 1. The number of hydrogen-bond donors (Lipinski definition) is 3. The van der Waals surface area contributed by atoms with E-state index in [2.05, 4.69) is 21.2 Å². The van der Waals surface area contributed by atoms with Gasteiger partial charge in [-0.2, -0.15) is 0 Å². The van der Waals surface area contributed by atoms with Gasteiger partial charge < -0.3 is 16.2 Å². The van der Waals surface area contributed by atoms with Gasteiger partial charge in [0.25, 0.3) is 5.91 Å². The Balaban J connectivity index is 1.94. The van der Waals surface area contributed by atoms with Crippen LogP contribution < -0.4 is 11.1 Å². The van der Waals surface area contributed by atoms with Crippen molar-refractivity contribution < 1.29 is 9.90 Å². The van der Waals surface area contributed by atoms with Crippen LogP contribution in [0, 0.1) is 5.92 Å². The molecule has 4 N–H and O–H groups in total. The lowest BCUT2D eigenvalue weighted by Crippen LogP contribution is -2.29. The van der Waals surface area contributed by atoms with Crippen LogP contribution in [0.2, 0.25) is 0 Å². The van der Waals surface area contributed by atoms with E-state index in [4.69, 9.17) is 5.73 Å². The summed E-state index contributed by atoms with van der Waals surface area (Å²) in [7, 11) is 0. The van der Waals surface area contributed by atoms with Gasteiger partial charge >= 0.3 is 0 Å². The number of hydrogen-bond acceptors (Lipinski definition) is 3. The van der Waals surface area contributed by atoms with Crippen molar-refractivity contribution >= 4 is 27.5 Å². The largest absolute Gasteiger partial charge is 0.398 e. The van der Waals surface area contributed by atoms with Crippen LogP contribution in [-0.2, 0) is 0 Å². The van der Waals surface area contributed by atoms with Gasteiger partial charge in [0.05, 0.1) is 16.1 Å².